The molecular formula is C10H17ClF2O. The van der Waals surface area contributed by atoms with Gasteiger partial charge in [-0.3, -0.25) is 0 Å². The van der Waals surface area contributed by atoms with Crippen LogP contribution in [0.3, 0.4) is 0 Å². The highest BCUT2D eigenvalue weighted by atomic mass is 35.5. The van der Waals surface area contributed by atoms with E-state index in [2.05, 4.69) is 6.92 Å². The zero-order chi connectivity index (χ0) is 10.8. The molecule has 0 aliphatic heterocycles. The van der Waals surface area contributed by atoms with Gasteiger partial charge in [-0.15, -0.1) is 0 Å². The third-order valence-corrected chi connectivity index (χ3v) is 3.47. The zero-order valence-electron chi connectivity index (χ0n) is 8.35. The van der Waals surface area contributed by atoms with E-state index in [0.29, 0.717) is 18.8 Å². The Kier molecular flexibility index (Phi) is 4.14. The lowest BCUT2D eigenvalue weighted by Gasteiger charge is -2.32. The molecule has 1 fully saturated rings. The molecule has 1 nitrogen and oxygen atoms in total. The molecule has 1 atom stereocenters. The Morgan fingerprint density at radius 3 is 2.21 bits per heavy atom. The summed E-state index contributed by atoms with van der Waals surface area (Å²) < 4.78 is 25.2. The molecule has 14 heavy (non-hydrogen) atoms. The molecule has 1 unspecified atom stereocenters. The fourth-order valence-electron chi connectivity index (χ4n) is 2.18. The normalized spacial score (nSPS) is 31.5. The molecule has 1 aliphatic rings. The second kappa shape index (κ2) is 4.75. The van der Waals surface area contributed by atoms with E-state index >= 15 is 0 Å². The zero-order valence-corrected chi connectivity index (χ0v) is 9.10. The Labute approximate surface area is 88.4 Å². The molecule has 1 aliphatic carbocycles. The van der Waals surface area contributed by atoms with Crippen LogP contribution in [0, 0.1) is 11.8 Å². The average Bonchev–Trinajstić information content (AvgIpc) is 2.15. The van der Waals surface area contributed by atoms with E-state index in [9.17, 15) is 13.9 Å². The third kappa shape index (κ3) is 3.06. The number of alkyl halides is 3. The minimum Gasteiger partial charge on any atom is -0.385 e. The van der Waals surface area contributed by atoms with Crippen molar-refractivity contribution in [1.82, 2.24) is 0 Å². The van der Waals surface area contributed by atoms with Crippen LogP contribution in [0.1, 0.15) is 39.0 Å². The molecule has 1 rings (SSSR count). The first-order valence-electron chi connectivity index (χ1n) is 5.20. The SMILES string of the molecule is CCC1CCC(C(O)C(F)(F)Cl)CC1. The van der Waals surface area contributed by atoms with Crippen molar-refractivity contribution >= 4 is 11.6 Å². The van der Waals surface area contributed by atoms with Crippen molar-refractivity contribution in [2.24, 2.45) is 11.8 Å². The van der Waals surface area contributed by atoms with E-state index < -0.39 is 11.5 Å². The van der Waals surface area contributed by atoms with Gasteiger partial charge < -0.3 is 5.11 Å². The second-order valence-corrected chi connectivity index (χ2v) is 4.68. The Morgan fingerprint density at radius 2 is 1.86 bits per heavy atom. The van der Waals surface area contributed by atoms with E-state index in [0.717, 1.165) is 19.3 Å². The maximum atomic E-state index is 12.6. The molecule has 0 bridgehead atoms. The molecule has 0 radical (unpaired) electrons. The molecule has 0 heterocycles. The highest BCUT2D eigenvalue weighted by Gasteiger charge is 2.41. The number of aliphatic hydroxyl groups excluding tert-OH is 1. The van der Waals surface area contributed by atoms with Crippen molar-refractivity contribution in [2.45, 2.75) is 50.5 Å². The smallest absolute Gasteiger partial charge is 0.347 e. The van der Waals surface area contributed by atoms with Crippen LogP contribution in [0.2, 0.25) is 0 Å². The maximum Gasteiger partial charge on any atom is 0.347 e. The lowest BCUT2D eigenvalue weighted by molar-refractivity contribution is -0.0804. The highest BCUT2D eigenvalue weighted by Crippen LogP contribution is 2.38. The van der Waals surface area contributed by atoms with Crippen molar-refractivity contribution in [3.8, 4) is 0 Å². The summed E-state index contributed by atoms with van der Waals surface area (Å²) in [4.78, 5) is 0. The number of halogens is 3. The summed E-state index contributed by atoms with van der Waals surface area (Å²) in [5, 5.41) is 5.82. The molecule has 1 saturated carbocycles. The average molecular weight is 227 g/mol. The third-order valence-electron chi connectivity index (χ3n) is 3.25. The monoisotopic (exact) mass is 226 g/mol. The van der Waals surface area contributed by atoms with Crippen molar-refractivity contribution < 1.29 is 13.9 Å². The van der Waals surface area contributed by atoms with Gasteiger partial charge in [-0.1, -0.05) is 26.2 Å². The van der Waals surface area contributed by atoms with Gasteiger partial charge in [-0.25, -0.2) is 0 Å². The van der Waals surface area contributed by atoms with E-state index in [4.69, 9.17) is 11.6 Å². The Bertz CT molecular complexity index is 173. The summed E-state index contributed by atoms with van der Waals surface area (Å²) in [5.74, 6) is 0.313. The number of aliphatic hydroxyl groups is 1. The van der Waals surface area contributed by atoms with Gasteiger partial charge in [0.1, 0.15) is 6.10 Å². The minimum absolute atomic E-state index is 0.328. The van der Waals surface area contributed by atoms with Crippen LogP contribution in [0.25, 0.3) is 0 Å². The molecule has 0 aromatic heterocycles. The first kappa shape index (κ1) is 12.2. The summed E-state index contributed by atoms with van der Waals surface area (Å²) >= 11 is 4.80. The summed E-state index contributed by atoms with van der Waals surface area (Å²) in [6.07, 6.45) is 2.63. The van der Waals surface area contributed by atoms with Gasteiger partial charge in [0.15, 0.2) is 0 Å². The molecule has 0 saturated heterocycles. The molecule has 0 spiro atoms. The molecule has 0 aromatic carbocycles. The van der Waals surface area contributed by atoms with Crippen LogP contribution in [0.5, 0.6) is 0 Å². The number of rotatable bonds is 3. The maximum absolute atomic E-state index is 12.6. The van der Waals surface area contributed by atoms with Gasteiger partial charge in [0, 0.05) is 0 Å². The van der Waals surface area contributed by atoms with E-state index in [1.54, 1.807) is 0 Å². The molecule has 0 amide bonds. The highest BCUT2D eigenvalue weighted by molar-refractivity contribution is 6.22. The Morgan fingerprint density at radius 1 is 1.36 bits per heavy atom. The largest absolute Gasteiger partial charge is 0.385 e. The van der Waals surface area contributed by atoms with Gasteiger partial charge >= 0.3 is 5.38 Å². The van der Waals surface area contributed by atoms with Gasteiger partial charge in [0.05, 0.1) is 0 Å². The topological polar surface area (TPSA) is 20.2 Å². The molecular weight excluding hydrogens is 210 g/mol. The van der Waals surface area contributed by atoms with Crippen molar-refractivity contribution in [1.29, 1.82) is 0 Å². The summed E-state index contributed by atoms with van der Waals surface area (Å²) in [6, 6.07) is 0. The van der Waals surface area contributed by atoms with Crippen LogP contribution in [-0.2, 0) is 0 Å². The van der Waals surface area contributed by atoms with Crippen LogP contribution in [0.4, 0.5) is 8.78 Å². The van der Waals surface area contributed by atoms with Crippen molar-refractivity contribution in [3.05, 3.63) is 0 Å². The minimum atomic E-state index is -3.47. The standard InChI is InChI=1S/C10H17ClF2O/c1-2-7-3-5-8(6-4-7)9(14)10(11,12)13/h7-9,14H,2-6H2,1H3. The quantitative estimate of drug-likeness (QED) is 0.732. The first-order chi connectivity index (χ1) is 6.45. The fourth-order valence-corrected chi connectivity index (χ4v) is 2.36. The first-order valence-corrected chi connectivity index (χ1v) is 5.57. The molecule has 0 aromatic rings. The summed E-state index contributed by atoms with van der Waals surface area (Å²) in [7, 11) is 0. The lowest BCUT2D eigenvalue weighted by Crippen LogP contribution is -2.37. The van der Waals surface area contributed by atoms with Gasteiger partial charge in [0.2, 0.25) is 0 Å². The van der Waals surface area contributed by atoms with Crippen LogP contribution < -0.4 is 0 Å². The lowest BCUT2D eigenvalue weighted by atomic mass is 9.78. The predicted molar refractivity (Wildman–Crippen MR) is 52.5 cm³/mol. The number of hydrogen-bond donors (Lipinski definition) is 1. The van der Waals surface area contributed by atoms with Gasteiger partial charge in [-0.05, 0) is 36.3 Å². The van der Waals surface area contributed by atoms with E-state index in [1.165, 1.54) is 0 Å². The second-order valence-electron chi connectivity index (χ2n) is 4.18. The van der Waals surface area contributed by atoms with Crippen molar-refractivity contribution in [2.75, 3.05) is 0 Å². The van der Waals surface area contributed by atoms with Crippen LogP contribution in [0.15, 0.2) is 0 Å². The molecule has 84 valence electrons. The van der Waals surface area contributed by atoms with Crippen LogP contribution in [-0.4, -0.2) is 16.6 Å². The Balaban J connectivity index is 2.42. The van der Waals surface area contributed by atoms with Crippen molar-refractivity contribution in [3.63, 3.8) is 0 Å². The van der Waals surface area contributed by atoms with E-state index in [1.807, 2.05) is 0 Å². The van der Waals surface area contributed by atoms with Gasteiger partial charge in [-0.2, -0.15) is 8.78 Å². The molecule has 1 N–H and O–H groups in total. The van der Waals surface area contributed by atoms with E-state index in [-0.39, 0.29) is 5.92 Å². The molecule has 4 heteroatoms. The van der Waals surface area contributed by atoms with Crippen LogP contribution >= 0.6 is 11.6 Å². The summed E-state index contributed by atoms with van der Waals surface area (Å²) in [5.41, 5.74) is 0. The number of hydrogen-bond acceptors (Lipinski definition) is 1. The fraction of sp³-hybridized carbons (Fsp3) is 1.00. The Hall–Kier alpha value is 0.110. The predicted octanol–water partition coefficient (Wildman–Crippen LogP) is 3.40. The summed E-state index contributed by atoms with van der Waals surface area (Å²) in [6.45, 7) is 2.11. The van der Waals surface area contributed by atoms with Gasteiger partial charge in [0.25, 0.3) is 0 Å².